The molecule has 168 valence electrons. The van der Waals surface area contributed by atoms with Crippen molar-refractivity contribution in [2.24, 2.45) is 0 Å². The van der Waals surface area contributed by atoms with Gasteiger partial charge < -0.3 is 24.1 Å². The Morgan fingerprint density at radius 2 is 1.19 bits per heavy atom. The fourth-order valence-electron chi connectivity index (χ4n) is 3.94. The van der Waals surface area contributed by atoms with Crippen LogP contribution in [0.1, 0.15) is 23.6 Å². The summed E-state index contributed by atoms with van der Waals surface area (Å²) in [6.45, 7) is 3.38. The van der Waals surface area contributed by atoms with Gasteiger partial charge in [0.25, 0.3) is 0 Å². The number of hydrogen-bond donors (Lipinski definition) is 1. The normalized spacial score (nSPS) is 25.1. The first kappa shape index (κ1) is 22.6. The molecule has 1 heterocycles. The van der Waals surface area contributed by atoms with Crippen LogP contribution in [0.25, 0.3) is 0 Å². The number of aliphatic hydroxyl groups is 1. The Bertz CT molecular complexity index is 934. The summed E-state index contributed by atoms with van der Waals surface area (Å²) < 4.78 is 24.3. The van der Waals surface area contributed by atoms with Gasteiger partial charge >= 0.3 is 0 Å². The first-order valence-electron chi connectivity index (χ1n) is 10.9. The summed E-state index contributed by atoms with van der Waals surface area (Å²) in [7, 11) is 0. The van der Waals surface area contributed by atoms with Crippen molar-refractivity contribution in [3.8, 4) is 0 Å². The lowest BCUT2D eigenvalue weighted by Crippen LogP contribution is -2.47. The van der Waals surface area contributed by atoms with Crippen LogP contribution in [-0.2, 0) is 38.8 Å². The van der Waals surface area contributed by atoms with Gasteiger partial charge in [-0.1, -0.05) is 91.0 Å². The van der Waals surface area contributed by atoms with Crippen LogP contribution in [0.15, 0.2) is 91.0 Å². The molecule has 3 aromatic carbocycles. The van der Waals surface area contributed by atoms with Gasteiger partial charge in [-0.2, -0.15) is 0 Å². The third-order valence-corrected chi connectivity index (χ3v) is 5.63. The largest absolute Gasteiger partial charge is 0.374 e. The van der Waals surface area contributed by atoms with Crippen LogP contribution < -0.4 is 0 Å². The summed E-state index contributed by atoms with van der Waals surface area (Å²) in [5.74, 6) is 0. The van der Waals surface area contributed by atoms with E-state index in [4.69, 9.17) is 18.9 Å². The van der Waals surface area contributed by atoms with E-state index in [1.807, 2.05) is 97.9 Å². The average Bonchev–Trinajstić information content (AvgIpc) is 3.07. The van der Waals surface area contributed by atoms with Crippen molar-refractivity contribution in [1.82, 2.24) is 0 Å². The molecule has 0 radical (unpaired) electrons. The van der Waals surface area contributed by atoms with Crippen molar-refractivity contribution in [2.75, 3.05) is 6.61 Å². The molecular formula is C27H30O5. The average molecular weight is 435 g/mol. The number of aliphatic hydroxyl groups excluding tert-OH is 1. The Kier molecular flexibility index (Phi) is 7.68. The molecule has 0 saturated carbocycles. The summed E-state index contributed by atoms with van der Waals surface area (Å²) in [5, 5.41) is 10.7. The maximum atomic E-state index is 10.7. The Labute approximate surface area is 189 Å². The van der Waals surface area contributed by atoms with E-state index in [1.165, 1.54) is 0 Å². The Hall–Kier alpha value is -2.54. The predicted octanol–water partition coefficient (Wildman–Crippen LogP) is 4.48. The van der Waals surface area contributed by atoms with Crippen LogP contribution in [-0.4, -0.2) is 35.8 Å². The van der Waals surface area contributed by atoms with Crippen molar-refractivity contribution >= 4 is 0 Å². The van der Waals surface area contributed by atoms with Crippen molar-refractivity contribution in [3.63, 3.8) is 0 Å². The Morgan fingerprint density at radius 1 is 0.719 bits per heavy atom. The second-order valence-electron chi connectivity index (χ2n) is 8.28. The molecule has 0 spiro atoms. The SMILES string of the molecule is C[C@]1(COCc2ccccc2)O[C@H](O)[C@@H](OCc2ccccc2)[C@H]1OCc1ccccc1. The third-order valence-electron chi connectivity index (χ3n) is 5.63. The molecule has 4 atom stereocenters. The number of benzene rings is 3. The van der Waals surface area contributed by atoms with Gasteiger partial charge in [0, 0.05) is 0 Å². The molecule has 0 bridgehead atoms. The zero-order chi connectivity index (χ0) is 22.2. The highest BCUT2D eigenvalue weighted by Gasteiger charge is 2.54. The van der Waals surface area contributed by atoms with E-state index in [2.05, 4.69) is 0 Å². The summed E-state index contributed by atoms with van der Waals surface area (Å²) in [4.78, 5) is 0. The molecule has 0 amide bonds. The molecule has 5 nitrogen and oxygen atoms in total. The fourth-order valence-corrected chi connectivity index (χ4v) is 3.94. The van der Waals surface area contributed by atoms with Gasteiger partial charge in [0.2, 0.25) is 0 Å². The van der Waals surface area contributed by atoms with E-state index in [9.17, 15) is 5.11 Å². The Morgan fingerprint density at radius 3 is 1.72 bits per heavy atom. The molecule has 0 aromatic heterocycles. The number of ether oxygens (including phenoxy) is 4. The third kappa shape index (κ3) is 5.82. The van der Waals surface area contributed by atoms with Crippen molar-refractivity contribution in [3.05, 3.63) is 108 Å². The number of rotatable bonds is 10. The zero-order valence-corrected chi connectivity index (χ0v) is 18.3. The lowest BCUT2D eigenvalue weighted by atomic mass is 9.98. The van der Waals surface area contributed by atoms with Crippen LogP contribution in [0.5, 0.6) is 0 Å². The standard InChI is InChI=1S/C27H30O5/c1-27(20-29-17-21-11-5-2-6-12-21)25(31-19-23-15-9-4-10-16-23)24(26(28)32-27)30-18-22-13-7-3-8-14-22/h2-16,24-26,28H,17-20H2,1H3/t24-,25+,26-,27+/m0/s1. The monoisotopic (exact) mass is 434 g/mol. The Balaban J connectivity index is 1.45. The topological polar surface area (TPSA) is 57.2 Å². The molecule has 5 heteroatoms. The van der Waals surface area contributed by atoms with Gasteiger partial charge in [0.05, 0.1) is 26.4 Å². The lowest BCUT2D eigenvalue weighted by molar-refractivity contribution is -0.181. The van der Waals surface area contributed by atoms with E-state index >= 15 is 0 Å². The highest BCUT2D eigenvalue weighted by molar-refractivity contribution is 5.15. The zero-order valence-electron chi connectivity index (χ0n) is 18.3. The highest BCUT2D eigenvalue weighted by atomic mass is 16.7. The van der Waals surface area contributed by atoms with E-state index in [1.54, 1.807) is 0 Å². The van der Waals surface area contributed by atoms with Gasteiger partial charge in [0.1, 0.15) is 17.8 Å². The smallest absolute Gasteiger partial charge is 0.184 e. The van der Waals surface area contributed by atoms with E-state index in [0.29, 0.717) is 19.8 Å². The maximum Gasteiger partial charge on any atom is 0.184 e. The second-order valence-corrected chi connectivity index (χ2v) is 8.28. The van der Waals surface area contributed by atoms with Gasteiger partial charge in [0.15, 0.2) is 6.29 Å². The van der Waals surface area contributed by atoms with Gasteiger partial charge in [-0.05, 0) is 23.6 Å². The van der Waals surface area contributed by atoms with Crippen LogP contribution >= 0.6 is 0 Å². The minimum Gasteiger partial charge on any atom is -0.374 e. The van der Waals surface area contributed by atoms with Gasteiger partial charge in [-0.25, -0.2) is 0 Å². The molecule has 1 saturated heterocycles. The molecule has 1 fully saturated rings. The van der Waals surface area contributed by atoms with E-state index in [0.717, 1.165) is 16.7 Å². The first-order valence-corrected chi connectivity index (χ1v) is 10.9. The molecule has 1 aliphatic heterocycles. The van der Waals surface area contributed by atoms with Gasteiger partial charge in [-0.15, -0.1) is 0 Å². The van der Waals surface area contributed by atoms with Gasteiger partial charge in [-0.3, -0.25) is 0 Å². The van der Waals surface area contributed by atoms with Crippen LogP contribution in [0, 0.1) is 0 Å². The van der Waals surface area contributed by atoms with Crippen molar-refractivity contribution in [2.45, 2.75) is 50.8 Å². The van der Waals surface area contributed by atoms with E-state index in [-0.39, 0.29) is 6.61 Å². The molecule has 1 aliphatic rings. The summed E-state index contributed by atoms with van der Waals surface area (Å²) in [5.41, 5.74) is 2.29. The molecule has 32 heavy (non-hydrogen) atoms. The quantitative estimate of drug-likeness (QED) is 0.510. The minimum absolute atomic E-state index is 0.267. The molecule has 0 aliphatic carbocycles. The number of hydrogen-bond acceptors (Lipinski definition) is 5. The van der Waals surface area contributed by atoms with Crippen molar-refractivity contribution in [1.29, 1.82) is 0 Å². The molecular weight excluding hydrogens is 404 g/mol. The van der Waals surface area contributed by atoms with E-state index < -0.39 is 24.1 Å². The highest BCUT2D eigenvalue weighted by Crippen LogP contribution is 2.36. The van der Waals surface area contributed by atoms with Crippen LogP contribution in [0.3, 0.4) is 0 Å². The lowest BCUT2D eigenvalue weighted by Gasteiger charge is -2.31. The fraction of sp³-hybridized carbons (Fsp3) is 0.333. The summed E-state index contributed by atoms with van der Waals surface area (Å²) in [6, 6.07) is 29.8. The minimum atomic E-state index is -1.11. The van der Waals surface area contributed by atoms with Crippen LogP contribution in [0.2, 0.25) is 0 Å². The van der Waals surface area contributed by atoms with Crippen LogP contribution in [0.4, 0.5) is 0 Å². The first-order chi connectivity index (χ1) is 15.6. The molecule has 0 unspecified atom stereocenters. The molecule has 4 rings (SSSR count). The second kappa shape index (κ2) is 10.9. The summed E-state index contributed by atoms with van der Waals surface area (Å²) >= 11 is 0. The molecule has 1 N–H and O–H groups in total. The predicted molar refractivity (Wildman–Crippen MR) is 122 cm³/mol. The van der Waals surface area contributed by atoms with Crippen molar-refractivity contribution < 1.29 is 24.1 Å². The summed E-state index contributed by atoms with van der Waals surface area (Å²) in [6.07, 6.45) is -2.24. The maximum absolute atomic E-state index is 10.7. The molecule has 3 aromatic rings.